The molecule has 2 heterocycles. The van der Waals surface area contributed by atoms with Crippen LogP contribution in [0.15, 0.2) is 0 Å². The van der Waals surface area contributed by atoms with Crippen LogP contribution in [0, 0.1) is 25.2 Å². The standard InChI is InChI=1S/C9H9N5/c1-5-11-7(4-10)8-9(12-5)14(3)6(2)13-8/h1-3H3. The molecule has 5 heteroatoms. The highest BCUT2D eigenvalue weighted by Crippen LogP contribution is 2.14. The molecule has 0 bridgehead atoms. The molecule has 0 atom stereocenters. The summed E-state index contributed by atoms with van der Waals surface area (Å²) in [5.74, 6) is 1.42. The molecule has 0 saturated heterocycles. The third-order valence-electron chi connectivity index (χ3n) is 2.16. The monoisotopic (exact) mass is 187 g/mol. The van der Waals surface area contributed by atoms with Crippen LogP contribution in [0.2, 0.25) is 0 Å². The average molecular weight is 187 g/mol. The molecule has 0 aliphatic carbocycles. The van der Waals surface area contributed by atoms with E-state index in [0.29, 0.717) is 22.7 Å². The van der Waals surface area contributed by atoms with Gasteiger partial charge in [0.1, 0.15) is 23.2 Å². The third kappa shape index (κ3) is 1.04. The number of fused-ring (bicyclic) bond motifs is 1. The molecule has 0 amide bonds. The number of hydrogen-bond donors (Lipinski definition) is 0. The van der Waals surface area contributed by atoms with Gasteiger partial charge in [0.25, 0.3) is 0 Å². The summed E-state index contributed by atoms with van der Waals surface area (Å²) in [6.07, 6.45) is 0. The van der Waals surface area contributed by atoms with Crippen LogP contribution in [0.4, 0.5) is 0 Å². The van der Waals surface area contributed by atoms with Crippen LogP contribution in [-0.4, -0.2) is 19.5 Å². The molecule has 14 heavy (non-hydrogen) atoms. The van der Waals surface area contributed by atoms with Gasteiger partial charge in [-0.1, -0.05) is 0 Å². The van der Waals surface area contributed by atoms with Crippen LogP contribution in [0.25, 0.3) is 11.2 Å². The largest absolute Gasteiger partial charge is 0.316 e. The maximum absolute atomic E-state index is 8.87. The Labute approximate surface area is 81.0 Å². The van der Waals surface area contributed by atoms with Crippen LogP contribution >= 0.6 is 0 Å². The lowest BCUT2D eigenvalue weighted by atomic mass is 10.4. The van der Waals surface area contributed by atoms with Gasteiger partial charge in [-0.2, -0.15) is 5.26 Å². The molecule has 2 aromatic rings. The molecule has 2 aromatic heterocycles. The molecule has 0 unspecified atom stereocenters. The van der Waals surface area contributed by atoms with Gasteiger partial charge in [0.05, 0.1) is 0 Å². The Morgan fingerprint density at radius 1 is 1.21 bits per heavy atom. The van der Waals surface area contributed by atoms with Crippen molar-refractivity contribution in [2.45, 2.75) is 13.8 Å². The molecule has 0 radical (unpaired) electrons. The fourth-order valence-corrected chi connectivity index (χ4v) is 1.36. The van der Waals surface area contributed by atoms with Gasteiger partial charge in [0.15, 0.2) is 11.3 Å². The van der Waals surface area contributed by atoms with Crippen molar-refractivity contribution < 1.29 is 0 Å². The fourth-order valence-electron chi connectivity index (χ4n) is 1.36. The maximum Gasteiger partial charge on any atom is 0.172 e. The molecular weight excluding hydrogens is 178 g/mol. The van der Waals surface area contributed by atoms with E-state index in [0.717, 1.165) is 5.82 Å². The van der Waals surface area contributed by atoms with Gasteiger partial charge >= 0.3 is 0 Å². The van der Waals surface area contributed by atoms with E-state index in [2.05, 4.69) is 15.0 Å². The van der Waals surface area contributed by atoms with Crippen LogP contribution in [-0.2, 0) is 7.05 Å². The molecule has 5 nitrogen and oxygen atoms in total. The lowest BCUT2D eigenvalue weighted by molar-refractivity contribution is 0.868. The Hall–Kier alpha value is -1.96. The van der Waals surface area contributed by atoms with Gasteiger partial charge in [-0.15, -0.1) is 0 Å². The number of aromatic nitrogens is 4. The predicted octanol–water partition coefficient (Wildman–Crippen LogP) is 0.852. The van der Waals surface area contributed by atoms with Crippen LogP contribution in [0.1, 0.15) is 17.3 Å². The summed E-state index contributed by atoms with van der Waals surface area (Å²) in [4.78, 5) is 12.5. The number of aryl methyl sites for hydroxylation is 3. The molecule has 2 rings (SSSR count). The first-order valence-electron chi connectivity index (χ1n) is 4.21. The van der Waals surface area contributed by atoms with E-state index in [1.54, 1.807) is 6.92 Å². The summed E-state index contributed by atoms with van der Waals surface area (Å²) in [7, 11) is 1.87. The summed E-state index contributed by atoms with van der Waals surface area (Å²) in [5, 5.41) is 8.87. The van der Waals surface area contributed by atoms with Gasteiger partial charge in [-0.25, -0.2) is 15.0 Å². The van der Waals surface area contributed by atoms with Crippen molar-refractivity contribution in [1.29, 1.82) is 5.26 Å². The second-order valence-electron chi connectivity index (χ2n) is 3.12. The third-order valence-corrected chi connectivity index (χ3v) is 2.16. The van der Waals surface area contributed by atoms with Crippen molar-refractivity contribution in [1.82, 2.24) is 19.5 Å². The minimum atomic E-state index is 0.344. The molecule has 0 N–H and O–H groups in total. The quantitative estimate of drug-likeness (QED) is 0.613. The summed E-state index contributed by atoms with van der Waals surface area (Å²) in [6.45, 7) is 3.64. The van der Waals surface area contributed by atoms with E-state index in [9.17, 15) is 0 Å². The minimum absolute atomic E-state index is 0.344. The number of rotatable bonds is 0. The number of nitriles is 1. The highest BCUT2D eigenvalue weighted by molar-refractivity contribution is 5.76. The smallest absolute Gasteiger partial charge is 0.172 e. The van der Waals surface area contributed by atoms with E-state index in [-0.39, 0.29) is 0 Å². The van der Waals surface area contributed by atoms with Crippen LogP contribution in [0.5, 0.6) is 0 Å². The van der Waals surface area contributed by atoms with Crippen molar-refractivity contribution in [2.24, 2.45) is 7.05 Å². The Bertz CT molecular complexity index is 546. The lowest BCUT2D eigenvalue weighted by Crippen LogP contribution is -1.97. The summed E-state index contributed by atoms with van der Waals surface area (Å²) in [5.41, 5.74) is 1.64. The van der Waals surface area contributed by atoms with Crippen molar-refractivity contribution in [2.75, 3.05) is 0 Å². The zero-order valence-electron chi connectivity index (χ0n) is 8.24. The second-order valence-corrected chi connectivity index (χ2v) is 3.12. The molecule has 0 saturated carbocycles. The fraction of sp³-hybridized carbons (Fsp3) is 0.333. The van der Waals surface area contributed by atoms with Crippen molar-refractivity contribution in [3.63, 3.8) is 0 Å². The molecule has 0 fully saturated rings. The molecule has 0 spiro atoms. The van der Waals surface area contributed by atoms with Gasteiger partial charge < -0.3 is 4.57 Å². The first kappa shape index (κ1) is 8.63. The number of hydrogen-bond acceptors (Lipinski definition) is 4. The molecule has 0 aromatic carbocycles. The van der Waals surface area contributed by atoms with Gasteiger partial charge in [0, 0.05) is 7.05 Å². The number of nitrogens with zero attached hydrogens (tertiary/aromatic N) is 5. The second kappa shape index (κ2) is 2.77. The molecule has 70 valence electrons. The zero-order chi connectivity index (χ0) is 10.3. The van der Waals surface area contributed by atoms with Crippen LogP contribution in [0.3, 0.4) is 0 Å². The molecule has 0 aliphatic rings. The van der Waals surface area contributed by atoms with Crippen molar-refractivity contribution >= 4 is 11.2 Å². The van der Waals surface area contributed by atoms with Crippen molar-refractivity contribution in [3.05, 3.63) is 17.3 Å². The van der Waals surface area contributed by atoms with E-state index >= 15 is 0 Å². The first-order chi connectivity index (χ1) is 6.63. The summed E-state index contributed by atoms with van der Waals surface area (Å²) >= 11 is 0. The summed E-state index contributed by atoms with van der Waals surface area (Å²) < 4.78 is 1.85. The average Bonchev–Trinajstić information content (AvgIpc) is 2.43. The Morgan fingerprint density at radius 2 is 1.93 bits per heavy atom. The topological polar surface area (TPSA) is 67.4 Å². The van der Waals surface area contributed by atoms with E-state index in [1.165, 1.54) is 0 Å². The van der Waals surface area contributed by atoms with E-state index < -0.39 is 0 Å². The Balaban J connectivity index is 2.96. The lowest BCUT2D eigenvalue weighted by Gasteiger charge is -1.96. The van der Waals surface area contributed by atoms with Crippen LogP contribution < -0.4 is 0 Å². The maximum atomic E-state index is 8.87. The van der Waals surface area contributed by atoms with Gasteiger partial charge in [-0.3, -0.25) is 0 Å². The molecule has 0 aliphatic heterocycles. The first-order valence-corrected chi connectivity index (χ1v) is 4.21. The number of imidazole rings is 1. The van der Waals surface area contributed by atoms with Crippen molar-refractivity contribution in [3.8, 4) is 6.07 Å². The SMILES string of the molecule is Cc1nc(C#N)c2nc(C)n(C)c2n1. The van der Waals surface area contributed by atoms with Gasteiger partial charge in [-0.05, 0) is 13.8 Å². The van der Waals surface area contributed by atoms with Gasteiger partial charge in [0.2, 0.25) is 0 Å². The minimum Gasteiger partial charge on any atom is -0.316 e. The Morgan fingerprint density at radius 3 is 2.57 bits per heavy atom. The Kier molecular flexibility index (Phi) is 1.71. The predicted molar refractivity (Wildman–Crippen MR) is 50.5 cm³/mol. The highest BCUT2D eigenvalue weighted by atomic mass is 15.1. The van der Waals surface area contributed by atoms with E-state index in [4.69, 9.17) is 5.26 Å². The van der Waals surface area contributed by atoms with E-state index in [1.807, 2.05) is 24.6 Å². The highest BCUT2D eigenvalue weighted by Gasteiger charge is 2.11. The molecular formula is C9H9N5. The summed E-state index contributed by atoms with van der Waals surface area (Å²) in [6, 6.07) is 2.02. The zero-order valence-corrected chi connectivity index (χ0v) is 8.24. The normalized spacial score (nSPS) is 10.4.